The minimum absolute atomic E-state index is 0.228. The van der Waals surface area contributed by atoms with E-state index in [1.807, 2.05) is 12.1 Å². The molecule has 1 saturated heterocycles. The van der Waals surface area contributed by atoms with Gasteiger partial charge in [-0.15, -0.1) is 0 Å². The van der Waals surface area contributed by atoms with Gasteiger partial charge in [-0.25, -0.2) is 0 Å². The molecule has 2 rings (SSSR count). The Morgan fingerprint density at radius 2 is 2.13 bits per heavy atom. The first-order valence-electron chi connectivity index (χ1n) is 5.33. The zero-order chi connectivity index (χ0) is 10.7. The van der Waals surface area contributed by atoms with E-state index >= 15 is 0 Å². The van der Waals surface area contributed by atoms with Crippen LogP contribution in [0.15, 0.2) is 24.3 Å². The molecule has 0 amide bonds. The van der Waals surface area contributed by atoms with Gasteiger partial charge in [0.15, 0.2) is 0 Å². The largest absolute Gasteiger partial charge is 0.395 e. The lowest BCUT2D eigenvalue weighted by atomic mass is 10.1. The summed E-state index contributed by atoms with van der Waals surface area (Å²) in [5.41, 5.74) is 1.22. The molecule has 1 fully saturated rings. The molecule has 0 saturated carbocycles. The first-order chi connectivity index (χ1) is 7.31. The summed E-state index contributed by atoms with van der Waals surface area (Å²) in [6.07, 6.45) is 0. The van der Waals surface area contributed by atoms with Crippen LogP contribution in [0.4, 0.5) is 5.69 Å². The van der Waals surface area contributed by atoms with E-state index in [9.17, 15) is 5.11 Å². The molecule has 1 aliphatic rings. The Kier molecular flexibility index (Phi) is 3.23. The predicted octanol–water partition coefficient (Wildman–Crippen LogP) is 0.599. The van der Waals surface area contributed by atoms with E-state index in [4.69, 9.17) is 0 Å². The molecule has 1 aliphatic heterocycles. The van der Waals surface area contributed by atoms with Crippen molar-refractivity contribution in [2.24, 2.45) is 0 Å². The molecular formula is C12H17N2O. The number of piperazine rings is 1. The average Bonchev–Trinajstić information content (AvgIpc) is 2.31. The number of rotatable bonds is 2. The summed E-state index contributed by atoms with van der Waals surface area (Å²) in [7, 11) is 2.07. The smallest absolute Gasteiger partial charge is 0.0604 e. The highest BCUT2D eigenvalue weighted by atomic mass is 16.3. The van der Waals surface area contributed by atoms with Gasteiger partial charge in [0.1, 0.15) is 0 Å². The normalized spacial score (nSPS) is 23.1. The van der Waals surface area contributed by atoms with Gasteiger partial charge in [-0.05, 0) is 25.2 Å². The lowest BCUT2D eigenvalue weighted by Gasteiger charge is -2.39. The fourth-order valence-corrected chi connectivity index (χ4v) is 1.97. The number of hydrogen-bond donors (Lipinski definition) is 1. The zero-order valence-corrected chi connectivity index (χ0v) is 9.06. The number of aliphatic hydroxyl groups excluding tert-OH is 1. The van der Waals surface area contributed by atoms with Crippen molar-refractivity contribution in [3.63, 3.8) is 0 Å². The minimum Gasteiger partial charge on any atom is -0.395 e. The van der Waals surface area contributed by atoms with Crippen LogP contribution >= 0.6 is 0 Å². The van der Waals surface area contributed by atoms with Crippen molar-refractivity contribution < 1.29 is 5.11 Å². The van der Waals surface area contributed by atoms with Crippen LogP contribution in [0.5, 0.6) is 0 Å². The number of nitrogens with zero attached hydrogens (tertiary/aromatic N) is 2. The molecule has 3 nitrogen and oxygen atoms in total. The van der Waals surface area contributed by atoms with Gasteiger partial charge in [-0.2, -0.15) is 0 Å². The molecule has 1 radical (unpaired) electrons. The molecule has 0 aromatic heterocycles. The van der Waals surface area contributed by atoms with Crippen molar-refractivity contribution in [3.05, 3.63) is 30.3 Å². The summed E-state index contributed by atoms with van der Waals surface area (Å²) in [5, 5.41) is 9.25. The van der Waals surface area contributed by atoms with Crippen LogP contribution in [0.25, 0.3) is 0 Å². The number of anilines is 1. The van der Waals surface area contributed by atoms with Gasteiger partial charge in [0.05, 0.1) is 12.6 Å². The van der Waals surface area contributed by atoms with Crippen LogP contribution < -0.4 is 4.90 Å². The molecule has 3 heteroatoms. The molecule has 0 spiro atoms. The Morgan fingerprint density at radius 1 is 1.40 bits per heavy atom. The van der Waals surface area contributed by atoms with E-state index in [0.29, 0.717) is 0 Å². The quantitative estimate of drug-likeness (QED) is 0.766. The van der Waals surface area contributed by atoms with E-state index in [2.05, 4.69) is 35.0 Å². The van der Waals surface area contributed by atoms with Gasteiger partial charge < -0.3 is 10.0 Å². The Balaban J connectivity index is 2.06. The number of hydrogen-bond acceptors (Lipinski definition) is 3. The van der Waals surface area contributed by atoms with Gasteiger partial charge >= 0.3 is 0 Å². The van der Waals surface area contributed by atoms with Gasteiger partial charge in [-0.1, -0.05) is 12.1 Å². The summed E-state index contributed by atoms with van der Waals surface area (Å²) in [4.78, 5) is 4.53. The second-order valence-corrected chi connectivity index (χ2v) is 4.02. The standard InChI is InChI=1S/C12H17N2O/c1-13-7-8-14(9-12(13)10-15)11-5-3-2-4-6-11/h3-6,12,15H,7-10H2,1H3. The molecule has 1 N–H and O–H groups in total. The Labute approximate surface area is 90.9 Å². The third-order valence-corrected chi connectivity index (χ3v) is 3.05. The molecular weight excluding hydrogens is 188 g/mol. The van der Waals surface area contributed by atoms with Gasteiger partial charge in [0, 0.05) is 25.3 Å². The maximum atomic E-state index is 9.25. The Bertz CT molecular complexity index is 302. The van der Waals surface area contributed by atoms with Crippen LogP contribution in [-0.4, -0.2) is 49.3 Å². The summed E-state index contributed by atoms with van der Waals surface area (Å²) >= 11 is 0. The van der Waals surface area contributed by atoms with Gasteiger partial charge in [0.2, 0.25) is 0 Å². The van der Waals surface area contributed by atoms with Gasteiger partial charge in [-0.3, -0.25) is 4.90 Å². The SMILES string of the molecule is CN1CCN(c2cc[c]cc2)CC1CO. The first kappa shape index (κ1) is 10.5. The highest BCUT2D eigenvalue weighted by Gasteiger charge is 2.23. The van der Waals surface area contributed by atoms with Crippen molar-refractivity contribution in [2.45, 2.75) is 6.04 Å². The Hall–Kier alpha value is -1.06. The molecule has 1 unspecified atom stereocenters. The topological polar surface area (TPSA) is 26.7 Å². The molecule has 81 valence electrons. The monoisotopic (exact) mass is 205 g/mol. The van der Waals surface area contributed by atoms with E-state index in [-0.39, 0.29) is 12.6 Å². The van der Waals surface area contributed by atoms with E-state index < -0.39 is 0 Å². The summed E-state index contributed by atoms with van der Waals surface area (Å²) in [6, 6.07) is 11.3. The Morgan fingerprint density at radius 3 is 2.80 bits per heavy atom. The average molecular weight is 205 g/mol. The third kappa shape index (κ3) is 2.30. The van der Waals surface area contributed by atoms with Crippen molar-refractivity contribution in [1.29, 1.82) is 0 Å². The summed E-state index contributed by atoms with van der Waals surface area (Å²) in [5.74, 6) is 0. The second kappa shape index (κ2) is 4.64. The van der Waals surface area contributed by atoms with Gasteiger partial charge in [0.25, 0.3) is 0 Å². The zero-order valence-electron chi connectivity index (χ0n) is 9.06. The first-order valence-corrected chi connectivity index (χ1v) is 5.33. The van der Waals surface area contributed by atoms with Crippen molar-refractivity contribution in [1.82, 2.24) is 4.90 Å². The van der Waals surface area contributed by atoms with Crippen molar-refractivity contribution in [3.8, 4) is 0 Å². The predicted molar refractivity (Wildman–Crippen MR) is 61.0 cm³/mol. The van der Waals surface area contributed by atoms with E-state index in [1.54, 1.807) is 0 Å². The second-order valence-electron chi connectivity index (χ2n) is 4.02. The van der Waals surface area contributed by atoms with Crippen molar-refractivity contribution in [2.75, 3.05) is 38.2 Å². The molecule has 15 heavy (non-hydrogen) atoms. The molecule has 1 aromatic carbocycles. The third-order valence-electron chi connectivity index (χ3n) is 3.05. The van der Waals surface area contributed by atoms with Crippen LogP contribution in [0.2, 0.25) is 0 Å². The maximum Gasteiger partial charge on any atom is 0.0604 e. The maximum absolute atomic E-state index is 9.25. The highest BCUT2D eigenvalue weighted by Crippen LogP contribution is 2.17. The summed E-state index contributed by atoms with van der Waals surface area (Å²) in [6.45, 7) is 3.16. The van der Waals surface area contributed by atoms with Crippen LogP contribution in [0, 0.1) is 6.07 Å². The van der Waals surface area contributed by atoms with E-state index in [1.165, 1.54) is 5.69 Å². The van der Waals surface area contributed by atoms with Crippen LogP contribution in [-0.2, 0) is 0 Å². The molecule has 1 atom stereocenters. The highest BCUT2D eigenvalue weighted by molar-refractivity contribution is 5.46. The molecule has 0 aliphatic carbocycles. The van der Waals surface area contributed by atoms with Crippen molar-refractivity contribution >= 4 is 5.69 Å². The number of aliphatic hydroxyl groups is 1. The lowest BCUT2D eigenvalue weighted by Crippen LogP contribution is -2.53. The van der Waals surface area contributed by atoms with Crippen LogP contribution in [0.3, 0.4) is 0 Å². The fraction of sp³-hybridized carbons (Fsp3) is 0.500. The number of benzene rings is 1. The minimum atomic E-state index is 0.228. The molecule has 1 aromatic rings. The fourth-order valence-electron chi connectivity index (χ4n) is 1.97. The molecule has 1 heterocycles. The van der Waals surface area contributed by atoms with Crippen LogP contribution in [0.1, 0.15) is 0 Å². The summed E-state index contributed by atoms with van der Waals surface area (Å²) < 4.78 is 0. The molecule has 0 bridgehead atoms. The number of likely N-dealkylation sites (N-methyl/N-ethyl adjacent to an activating group) is 1. The van der Waals surface area contributed by atoms with E-state index in [0.717, 1.165) is 19.6 Å². The lowest BCUT2D eigenvalue weighted by molar-refractivity contribution is 0.135.